The Labute approximate surface area is 151 Å². The molecular weight excluding hydrogens is 341 g/mol. The number of carbonyl (C=O) groups excluding carboxylic acids is 1. The lowest BCUT2D eigenvalue weighted by atomic mass is 9.95. The Hall–Kier alpha value is 0.320. The molecule has 2 saturated heterocycles. The van der Waals surface area contributed by atoms with Gasteiger partial charge < -0.3 is 15.5 Å². The summed E-state index contributed by atoms with van der Waals surface area (Å²) in [7, 11) is 0. The third kappa shape index (κ3) is 6.44. The molecule has 0 aromatic rings. The molecule has 2 rings (SSSR count). The fourth-order valence-corrected chi connectivity index (χ4v) is 3.84. The van der Waals surface area contributed by atoms with Gasteiger partial charge in [-0.05, 0) is 31.8 Å². The Balaban J connectivity index is 0.00000220. The van der Waals surface area contributed by atoms with Gasteiger partial charge >= 0.3 is 0 Å². The highest BCUT2D eigenvalue weighted by molar-refractivity contribution is 7.99. The van der Waals surface area contributed by atoms with Gasteiger partial charge in [-0.25, -0.2) is 0 Å². The molecular formula is C15H31Cl2N3OS. The van der Waals surface area contributed by atoms with Crippen LogP contribution in [0.5, 0.6) is 0 Å². The normalized spacial score (nSPS) is 22.2. The number of carbonyl (C=O) groups is 1. The molecule has 0 saturated carbocycles. The number of amides is 1. The van der Waals surface area contributed by atoms with Crippen LogP contribution in [0.25, 0.3) is 0 Å². The topological polar surface area (TPSA) is 44.4 Å². The molecule has 2 fully saturated rings. The van der Waals surface area contributed by atoms with Crippen molar-refractivity contribution in [2.45, 2.75) is 45.2 Å². The molecule has 0 unspecified atom stereocenters. The number of thioether (sulfide) groups is 1. The second kappa shape index (κ2) is 11.8. The summed E-state index contributed by atoms with van der Waals surface area (Å²) in [6, 6.07) is 0.504. The van der Waals surface area contributed by atoms with Gasteiger partial charge in [-0.2, -0.15) is 11.8 Å². The Morgan fingerprint density at radius 2 is 1.86 bits per heavy atom. The molecule has 7 heteroatoms. The van der Waals surface area contributed by atoms with Crippen LogP contribution < -0.4 is 10.6 Å². The molecule has 0 aromatic heterocycles. The zero-order valence-electron chi connectivity index (χ0n) is 13.7. The van der Waals surface area contributed by atoms with Crippen molar-refractivity contribution in [1.82, 2.24) is 15.5 Å². The van der Waals surface area contributed by atoms with Crippen LogP contribution in [0.2, 0.25) is 0 Å². The molecule has 22 heavy (non-hydrogen) atoms. The highest BCUT2D eigenvalue weighted by atomic mass is 35.5. The lowest BCUT2D eigenvalue weighted by Gasteiger charge is -2.36. The first-order valence-electron chi connectivity index (χ1n) is 8.05. The van der Waals surface area contributed by atoms with E-state index in [1.54, 1.807) is 0 Å². The zero-order chi connectivity index (χ0) is 14.4. The van der Waals surface area contributed by atoms with E-state index in [4.69, 9.17) is 0 Å². The van der Waals surface area contributed by atoms with E-state index in [1.807, 2.05) is 11.8 Å². The first-order chi connectivity index (χ1) is 9.72. The SMILES string of the molecule is CC[C@@H](C)[C@H](NC1CCNCC1)C(=O)N1CCSCC1.Cl.Cl. The standard InChI is InChI=1S/C15H29N3OS.2ClH/c1-3-12(2)14(17-13-4-6-16-7-5-13)15(19)18-8-10-20-11-9-18;;/h12-14,16-17H,3-11H2,1-2H3;2*1H/t12-,14+;;/m1../s1. The summed E-state index contributed by atoms with van der Waals surface area (Å²) in [6.45, 7) is 8.37. The summed E-state index contributed by atoms with van der Waals surface area (Å²) in [6.07, 6.45) is 3.32. The van der Waals surface area contributed by atoms with Crippen LogP contribution in [0.4, 0.5) is 0 Å². The number of hydrogen-bond acceptors (Lipinski definition) is 4. The predicted molar refractivity (Wildman–Crippen MR) is 101 cm³/mol. The minimum Gasteiger partial charge on any atom is -0.340 e. The van der Waals surface area contributed by atoms with Crippen LogP contribution in [-0.4, -0.2) is 60.6 Å². The van der Waals surface area contributed by atoms with Gasteiger partial charge in [0.1, 0.15) is 0 Å². The molecule has 0 radical (unpaired) electrons. The molecule has 2 N–H and O–H groups in total. The minimum absolute atomic E-state index is 0. The summed E-state index contributed by atoms with van der Waals surface area (Å²) < 4.78 is 0. The Kier molecular flexibility index (Phi) is 12.0. The van der Waals surface area contributed by atoms with Crippen molar-refractivity contribution >= 4 is 42.5 Å². The van der Waals surface area contributed by atoms with Crippen molar-refractivity contribution in [3.63, 3.8) is 0 Å². The number of halogens is 2. The Bertz CT molecular complexity index is 311. The maximum Gasteiger partial charge on any atom is 0.240 e. The van der Waals surface area contributed by atoms with Crippen LogP contribution in [0.1, 0.15) is 33.1 Å². The average Bonchev–Trinajstić information content (AvgIpc) is 2.53. The molecule has 0 spiro atoms. The van der Waals surface area contributed by atoms with Gasteiger partial charge in [0, 0.05) is 30.6 Å². The van der Waals surface area contributed by atoms with E-state index in [9.17, 15) is 4.79 Å². The largest absolute Gasteiger partial charge is 0.340 e. The molecule has 2 atom stereocenters. The maximum absolute atomic E-state index is 12.8. The maximum atomic E-state index is 12.8. The molecule has 1 amide bonds. The molecule has 0 aromatic carbocycles. The summed E-state index contributed by atoms with van der Waals surface area (Å²) in [5, 5.41) is 7.05. The number of piperidine rings is 1. The van der Waals surface area contributed by atoms with Crippen molar-refractivity contribution in [1.29, 1.82) is 0 Å². The first-order valence-corrected chi connectivity index (χ1v) is 9.21. The third-order valence-electron chi connectivity index (χ3n) is 4.56. The third-order valence-corrected chi connectivity index (χ3v) is 5.50. The predicted octanol–water partition coefficient (Wildman–Crippen LogP) is 2.16. The van der Waals surface area contributed by atoms with Crippen molar-refractivity contribution in [2.24, 2.45) is 5.92 Å². The smallest absolute Gasteiger partial charge is 0.240 e. The van der Waals surface area contributed by atoms with Crippen molar-refractivity contribution < 1.29 is 4.79 Å². The molecule has 0 aliphatic carbocycles. The zero-order valence-corrected chi connectivity index (χ0v) is 16.1. The van der Waals surface area contributed by atoms with Crippen LogP contribution in [0.3, 0.4) is 0 Å². The van der Waals surface area contributed by atoms with Gasteiger partial charge in [0.2, 0.25) is 5.91 Å². The summed E-state index contributed by atoms with van der Waals surface area (Å²) >= 11 is 1.96. The summed E-state index contributed by atoms with van der Waals surface area (Å²) in [4.78, 5) is 14.9. The monoisotopic (exact) mass is 371 g/mol. The highest BCUT2D eigenvalue weighted by Crippen LogP contribution is 2.17. The van der Waals surface area contributed by atoms with Gasteiger partial charge in [0.25, 0.3) is 0 Å². The second-order valence-corrected chi connectivity index (χ2v) is 7.22. The number of hydrogen-bond donors (Lipinski definition) is 2. The Morgan fingerprint density at radius 1 is 1.27 bits per heavy atom. The van der Waals surface area contributed by atoms with Crippen LogP contribution in [0, 0.1) is 5.92 Å². The van der Waals surface area contributed by atoms with Gasteiger partial charge in [-0.15, -0.1) is 24.8 Å². The van der Waals surface area contributed by atoms with Gasteiger partial charge in [-0.3, -0.25) is 4.79 Å². The lowest BCUT2D eigenvalue weighted by molar-refractivity contribution is -0.134. The minimum atomic E-state index is 0. The average molecular weight is 372 g/mol. The second-order valence-electron chi connectivity index (χ2n) is 5.99. The number of nitrogens with one attached hydrogen (secondary N) is 2. The van der Waals surface area contributed by atoms with Gasteiger partial charge in [-0.1, -0.05) is 20.3 Å². The van der Waals surface area contributed by atoms with Crippen LogP contribution in [-0.2, 0) is 4.79 Å². The molecule has 4 nitrogen and oxygen atoms in total. The highest BCUT2D eigenvalue weighted by Gasteiger charge is 2.31. The van der Waals surface area contributed by atoms with E-state index in [0.717, 1.165) is 56.9 Å². The van der Waals surface area contributed by atoms with E-state index in [-0.39, 0.29) is 30.9 Å². The molecule has 0 bridgehead atoms. The van der Waals surface area contributed by atoms with E-state index >= 15 is 0 Å². The van der Waals surface area contributed by atoms with Crippen LogP contribution in [0.15, 0.2) is 0 Å². The lowest BCUT2D eigenvalue weighted by Crippen LogP contribution is -2.55. The molecule has 2 heterocycles. The Morgan fingerprint density at radius 3 is 2.41 bits per heavy atom. The first kappa shape index (κ1) is 22.3. The van der Waals surface area contributed by atoms with E-state index in [2.05, 4.69) is 29.4 Å². The summed E-state index contributed by atoms with van der Waals surface area (Å²) in [5.41, 5.74) is 0. The van der Waals surface area contributed by atoms with Crippen LogP contribution >= 0.6 is 36.6 Å². The van der Waals surface area contributed by atoms with Crippen molar-refractivity contribution in [2.75, 3.05) is 37.7 Å². The van der Waals surface area contributed by atoms with Crippen molar-refractivity contribution in [3.05, 3.63) is 0 Å². The molecule has 132 valence electrons. The van der Waals surface area contributed by atoms with Gasteiger partial charge in [0.15, 0.2) is 0 Å². The number of nitrogens with zero attached hydrogens (tertiary/aromatic N) is 1. The molecule has 2 aliphatic heterocycles. The quantitative estimate of drug-likeness (QED) is 0.776. The summed E-state index contributed by atoms with van der Waals surface area (Å²) in [5.74, 6) is 2.92. The fourth-order valence-electron chi connectivity index (χ4n) is 2.94. The van der Waals surface area contributed by atoms with Gasteiger partial charge in [0.05, 0.1) is 6.04 Å². The van der Waals surface area contributed by atoms with Crippen molar-refractivity contribution in [3.8, 4) is 0 Å². The van der Waals surface area contributed by atoms with E-state index in [1.165, 1.54) is 0 Å². The molecule has 2 aliphatic rings. The van der Waals surface area contributed by atoms with E-state index < -0.39 is 0 Å². The fraction of sp³-hybridized carbons (Fsp3) is 0.933. The number of rotatable bonds is 5. The van der Waals surface area contributed by atoms with E-state index in [0.29, 0.717) is 17.9 Å².